The van der Waals surface area contributed by atoms with E-state index in [4.69, 9.17) is 4.74 Å². The van der Waals surface area contributed by atoms with E-state index in [-0.39, 0.29) is 18.4 Å². The SMILES string of the molecule is CC[C@]1(C)Cc2c(sc(NC(=O)CCC(=O)[O-])c2C#N)CO1. The molecule has 0 saturated carbocycles. The number of amides is 1. The molecule has 1 aliphatic heterocycles. The van der Waals surface area contributed by atoms with Crippen LogP contribution < -0.4 is 10.4 Å². The fraction of sp³-hybridized carbons (Fsp3) is 0.533. The van der Waals surface area contributed by atoms with Gasteiger partial charge in [0.15, 0.2) is 0 Å². The lowest BCUT2D eigenvalue weighted by atomic mass is 9.90. The Kier molecular flexibility index (Phi) is 4.84. The molecule has 0 spiro atoms. The number of carbonyl (C=O) groups excluding carboxylic acids is 2. The Bertz CT molecular complexity index is 647. The zero-order valence-electron chi connectivity index (χ0n) is 12.5. The van der Waals surface area contributed by atoms with E-state index in [1.165, 1.54) is 11.3 Å². The number of ether oxygens (including phenoxy) is 1. The number of hydrogen-bond donors (Lipinski definition) is 1. The minimum absolute atomic E-state index is 0.168. The summed E-state index contributed by atoms with van der Waals surface area (Å²) in [4.78, 5) is 23.1. The number of nitrogens with zero attached hydrogens (tertiary/aromatic N) is 1. The van der Waals surface area contributed by atoms with Gasteiger partial charge >= 0.3 is 0 Å². The van der Waals surface area contributed by atoms with Crippen LogP contribution in [0.2, 0.25) is 0 Å². The molecule has 1 aliphatic rings. The normalized spacial score (nSPS) is 20.0. The lowest BCUT2D eigenvalue weighted by Gasteiger charge is -2.32. The second kappa shape index (κ2) is 6.46. The minimum atomic E-state index is -1.27. The monoisotopic (exact) mass is 321 g/mol. The van der Waals surface area contributed by atoms with Gasteiger partial charge in [-0.15, -0.1) is 11.3 Å². The molecule has 1 amide bonds. The number of carboxylic acids is 1. The topological polar surface area (TPSA) is 102 Å². The van der Waals surface area contributed by atoms with E-state index in [1.807, 2.05) is 13.8 Å². The fourth-order valence-electron chi connectivity index (χ4n) is 2.32. The van der Waals surface area contributed by atoms with Crippen molar-refractivity contribution < 1.29 is 19.4 Å². The largest absolute Gasteiger partial charge is 0.550 e. The molecule has 2 heterocycles. The Labute approximate surface area is 132 Å². The molecule has 118 valence electrons. The highest BCUT2D eigenvalue weighted by molar-refractivity contribution is 7.16. The van der Waals surface area contributed by atoms with Gasteiger partial charge in [-0.05, 0) is 25.3 Å². The number of anilines is 1. The number of hydrogen-bond acceptors (Lipinski definition) is 6. The second-order valence-electron chi connectivity index (χ2n) is 5.51. The number of rotatable bonds is 5. The van der Waals surface area contributed by atoms with Gasteiger partial charge in [-0.1, -0.05) is 6.92 Å². The summed E-state index contributed by atoms with van der Waals surface area (Å²) in [7, 11) is 0. The maximum atomic E-state index is 11.7. The maximum Gasteiger partial charge on any atom is 0.225 e. The van der Waals surface area contributed by atoms with Crippen molar-refractivity contribution in [3.05, 3.63) is 16.0 Å². The van der Waals surface area contributed by atoms with Crippen LogP contribution in [0, 0.1) is 11.3 Å². The van der Waals surface area contributed by atoms with Crippen molar-refractivity contribution in [2.75, 3.05) is 5.32 Å². The molecule has 0 fully saturated rings. The third kappa shape index (κ3) is 3.46. The summed E-state index contributed by atoms with van der Waals surface area (Å²) in [6.07, 6.45) is 0.961. The van der Waals surface area contributed by atoms with Crippen molar-refractivity contribution in [2.24, 2.45) is 0 Å². The highest BCUT2D eigenvalue weighted by Crippen LogP contribution is 2.41. The van der Waals surface area contributed by atoms with E-state index in [0.29, 0.717) is 23.6 Å². The van der Waals surface area contributed by atoms with E-state index in [0.717, 1.165) is 16.9 Å². The zero-order valence-corrected chi connectivity index (χ0v) is 13.3. The number of thiophene rings is 1. The maximum absolute atomic E-state index is 11.7. The summed E-state index contributed by atoms with van der Waals surface area (Å²) >= 11 is 1.32. The Morgan fingerprint density at radius 1 is 1.50 bits per heavy atom. The van der Waals surface area contributed by atoms with Crippen LogP contribution in [0.1, 0.15) is 49.1 Å². The summed E-state index contributed by atoms with van der Waals surface area (Å²) in [5.74, 6) is -1.70. The number of nitrogens with one attached hydrogen (secondary N) is 1. The van der Waals surface area contributed by atoms with Crippen LogP contribution in [0.3, 0.4) is 0 Å². The van der Waals surface area contributed by atoms with Crippen molar-refractivity contribution in [3.8, 4) is 6.07 Å². The standard InChI is InChI=1S/C15H18N2O4S/c1-3-15(2)6-9-10(7-16)14(22-11(9)8-21-15)17-12(18)4-5-13(19)20/h3-6,8H2,1-2H3,(H,17,18)(H,19,20)/p-1/t15-/m1/s1. The summed E-state index contributed by atoms with van der Waals surface area (Å²) < 4.78 is 5.84. The molecule has 1 atom stereocenters. The predicted octanol–water partition coefficient (Wildman–Crippen LogP) is 1.33. The van der Waals surface area contributed by atoms with E-state index in [9.17, 15) is 20.0 Å². The first kappa shape index (κ1) is 16.5. The smallest absolute Gasteiger partial charge is 0.225 e. The lowest BCUT2D eigenvalue weighted by Crippen LogP contribution is -2.34. The molecular formula is C15H17N2O4S-. The van der Waals surface area contributed by atoms with Crippen molar-refractivity contribution in [1.29, 1.82) is 5.26 Å². The van der Waals surface area contributed by atoms with E-state index in [1.54, 1.807) is 0 Å². The Hall–Kier alpha value is -1.91. The first-order valence-corrected chi connectivity index (χ1v) is 7.88. The highest BCUT2D eigenvalue weighted by Gasteiger charge is 2.33. The summed E-state index contributed by atoms with van der Waals surface area (Å²) in [5, 5.41) is 22.9. The molecular weight excluding hydrogens is 304 g/mol. The van der Waals surface area contributed by atoms with Gasteiger partial charge in [0.25, 0.3) is 0 Å². The highest BCUT2D eigenvalue weighted by atomic mass is 32.1. The summed E-state index contributed by atoms with van der Waals surface area (Å²) in [5.41, 5.74) is 1.10. The number of carbonyl (C=O) groups is 2. The predicted molar refractivity (Wildman–Crippen MR) is 79.1 cm³/mol. The third-order valence-corrected chi connectivity index (χ3v) is 4.98. The van der Waals surface area contributed by atoms with Crippen LogP contribution in [-0.4, -0.2) is 17.5 Å². The molecule has 7 heteroatoms. The Morgan fingerprint density at radius 3 is 2.82 bits per heavy atom. The Balaban J connectivity index is 2.20. The van der Waals surface area contributed by atoms with Gasteiger partial charge in [-0.3, -0.25) is 4.79 Å². The number of aliphatic carboxylic acids is 1. The van der Waals surface area contributed by atoms with Crippen LogP contribution in [0.15, 0.2) is 0 Å². The quantitative estimate of drug-likeness (QED) is 0.881. The second-order valence-corrected chi connectivity index (χ2v) is 6.61. The van der Waals surface area contributed by atoms with E-state index < -0.39 is 11.9 Å². The number of carboxylic acid groups (broad SMARTS) is 1. The molecule has 0 radical (unpaired) electrons. The van der Waals surface area contributed by atoms with E-state index >= 15 is 0 Å². The van der Waals surface area contributed by atoms with Gasteiger partial charge < -0.3 is 20.0 Å². The summed E-state index contributed by atoms with van der Waals surface area (Å²) in [6, 6.07) is 2.15. The van der Waals surface area contributed by atoms with Gasteiger partial charge in [0.05, 0.1) is 17.8 Å². The molecule has 1 N–H and O–H groups in total. The van der Waals surface area contributed by atoms with Gasteiger partial charge in [-0.2, -0.15) is 5.26 Å². The molecule has 1 aromatic rings. The molecule has 0 unspecified atom stereocenters. The van der Waals surface area contributed by atoms with Crippen molar-refractivity contribution >= 4 is 28.2 Å². The molecule has 1 aromatic heterocycles. The van der Waals surface area contributed by atoms with E-state index in [2.05, 4.69) is 11.4 Å². The minimum Gasteiger partial charge on any atom is -0.550 e. The van der Waals surface area contributed by atoms with Gasteiger partial charge in [0.2, 0.25) is 5.91 Å². The zero-order chi connectivity index (χ0) is 16.3. The Morgan fingerprint density at radius 2 is 2.23 bits per heavy atom. The number of fused-ring (bicyclic) bond motifs is 1. The third-order valence-electron chi connectivity index (χ3n) is 3.86. The van der Waals surface area contributed by atoms with Crippen LogP contribution in [0.25, 0.3) is 0 Å². The van der Waals surface area contributed by atoms with Crippen LogP contribution in [-0.2, 0) is 27.4 Å². The molecule has 0 aliphatic carbocycles. The lowest BCUT2D eigenvalue weighted by molar-refractivity contribution is -0.305. The first-order chi connectivity index (χ1) is 10.4. The first-order valence-electron chi connectivity index (χ1n) is 7.07. The van der Waals surface area contributed by atoms with Crippen molar-refractivity contribution in [1.82, 2.24) is 0 Å². The number of nitriles is 1. The summed E-state index contributed by atoms with van der Waals surface area (Å²) in [6.45, 7) is 4.47. The van der Waals surface area contributed by atoms with Crippen LogP contribution in [0.4, 0.5) is 5.00 Å². The van der Waals surface area contributed by atoms with Gasteiger partial charge in [0.1, 0.15) is 11.1 Å². The van der Waals surface area contributed by atoms with Gasteiger partial charge in [0, 0.05) is 23.7 Å². The molecule has 6 nitrogen and oxygen atoms in total. The van der Waals surface area contributed by atoms with Crippen LogP contribution >= 0.6 is 11.3 Å². The van der Waals surface area contributed by atoms with Crippen molar-refractivity contribution in [2.45, 2.75) is 51.7 Å². The molecule has 0 saturated heterocycles. The van der Waals surface area contributed by atoms with Gasteiger partial charge in [-0.25, -0.2) is 0 Å². The molecule has 0 aromatic carbocycles. The fourth-order valence-corrected chi connectivity index (χ4v) is 3.42. The molecule has 2 rings (SSSR count). The average molecular weight is 321 g/mol. The molecule has 0 bridgehead atoms. The van der Waals surface area contributed by atoms with Crippen molar-refractivity contribution in [3.63, 3.8) is 0 Å². The average Bonchev–Trinajstić information content (AvgIpc) is 2.81. The molecule has 22 heavy (non-hydrogen) atoms. The van der Waals surface area contributed by atoms with Crippen LogP contribution in [0.5, 0.6) is 0 Å².